The average molecular weight is 459 g/mol. The van der Waals surface area contributed by atoms with E-state index in [1.165, 1.54) is 45.3 Å². The van der Waals surface area contributed by atoms with Gasteiger partial charge in [0.15, 0.2) is 5.96 Å². The van der Waals surface area contributed by atoms with Crippen LogP contribution in [0, 0.1) is 5.92 Å². The molecule has 2 heterocycles. The van der Waals surface area contributed by atoms with Gasteiger partial charge in [-0.05, 0) is 63.7 Å². The van der Waals surface area contributed by atoms with Crippen LogP contribution in [0.4, 0.5) is 0 Å². The van der Waals surface area contributed by atoms with Gasteiger partial charge in [0.2, 0.25) is 0 Å². The predicted octanol–water partition coefficient (Wildman–Crippen LogP) is 3.27. The molecule has 0 aromatic carbocycles. The van der Waals surface area contributed by atoms with Gasteiger partial charge in [0.1, 0.15) is 0 Å². The van der Waals surface area contributed by atoms with Gasteiger partial charge in [0.05, 0.1) is 12.2 Å². The van der Waals surface area contributed by atoms with Crippen molar-refractivity contribution in [2.45, 2.75) is 46.1 Å². The van der Waals surface area contributed by atoms with Crippen molar-refractivity contribution in [3.8, 4) is 0 Å². The lowest BCUT2D eigenvalue weighted by molar-refractivity contribution is 0.181. The highest BCUT2D eigenvalue weighted by atomic mass is 127. The van der Waals surface area contributed by atoms with Crippen LogP contribution in [0.5, 0.6) is 0 Å². The molecule has 0 saturated carbocycles. The summed E-state index contributed by atoms with van der Waals surface area (Å²) in [5, 5.41) is 6.73. The molecular weight excluding hydrogens is 425 g/mol. The Balaban J connectivity index is 0.00000312. The molecule has 0 aliphatic carbocycles. The van der Waals surface area contributed by atoms with Crippen molar-refractivity contribution in [3.05, 3.63) is 30.1 Å². The van der Waals surface area contributed by atoms with Crippen molar-refractivity contribution in [1.29, 1.82) is 0 Å². The first-order valence-corrected chi connectivity index (χ1v) is 9.42. The number of pyridine rings is 1. The number of aliphatic imine (C=N–C) groups is 1. The van der Waals surface area contributed by atoms with Crippen molar-refractivity contribution in [2.24, 2.45) is 10.9 Å². The highest BCUT2D eigenvalue weighted by molar-refractivity contribution is 14.0. The summed E-state index contributed by atoms with van der Waals surface area (Å²) in [4.78, 5) is 11.5. The maximum Gasteiger partial charge on any atom is 0.191 e. The van der Waals surface area contributed by atoms with Gasteiger partial charge in [-0.3, -0.25) is 4.98 Å². The van der Waals surface area contributed by atoms with Crippen molar-refractivity contribution in [3.63, 3.8) is 0 Å². The van der Waals surface area contributed by atoms with E-state index in [1.807, 2.05) is 24.4 Å². The molecule has 0 spiro atoms. The van der Waals surface area contributed by atoms with E-state index in [4.69, 9.17) is 0 Å². The minimum atomic E-state index is 0. The van der Waals surface area contributed by atoms with Gasteiger partial charge < -0.3 is 15.5 Å². The minimum absolute atomic E-state index is 0. The fourth-order valence-electron chi connectivity index (χ4n) is 3.15. The number of likely N-dealkylation sites (tertiary alicyclic amines) is 1. The molecule has 25 heavy (non-hydrogen) atoms. The van der Waals surface area contributed by atoms with Crippen LogP contribution in [0.25, 0.3) is 0 Å². The molecule has 6 heteroatoms. The molecule has 1 aliphatic rings. The summed E-state index contributed by atoms with van der Waals surface area (Å²) >= 11 is 0. The summed E-state index contributed by atoms with van der Waals surface area (Å²) in [6.45, 7) is 10.7. The quantitative estimate of drug-likeness (QED) is 0.271. The largest absolute Gasteiger partial charge is 0.357 e. The van der Waals surface area contributed by atoms with Crippen LogP contribution in [0.3, 0.4) is 0 Å². The lowest BCUT2D eigenvalue weighted by Crippen LogP contribution is -2.38. The van der Waals surface area contributed by atoms with Crippen LogP contribution in [0.15, 0.2) is 29.4 Å². The third-order valence-electron chi connectivity index (χ3n) is 4.40. The van der Waals surface area contributed by atoms with Gasteiger partial charge in [-0.25, -0.2) is 4.99 Å². The zero-order valence-electron chi connectivity index (χ0n) is 15.7. The second kappa shape index (κ2) is 13.3. The predicted molar refractivity (Wildman–Crippen MR) is 117 cm³/mol. The van der Waals surface area contributed by atoms with Crippen LogP contribution in [-0.4, -0.2) is 48.6 Å². The molecule has 142 valence electrons. The molecule has 0 bridgehead atoms. The van der Waals surface area contributed by atoms with Crippen LogP contribution in [-0.2, 0) is 6.54 Å². The van der Waals surface area contributed by atoms with E-state index in [9.17, 15) is 0 Å². The monoisotopic (exact) mass is 459 g/mol. The third-order valence-corrected chi connectivity index (χ3v) is 4.40. The first-order chi connectivity index (χ1) is 11.8. The summed E-state index contributed by atoms with van der Waals surface area (Å²) in [5.41, 5.74) is 0.994. The van der Waals surface area contributed by atoms with E-state index in [-0.39, 0.29) is 24.0 Å². The lowest BCUT2D eigenvalue weighted by Gasteiger charge is -2.30. The number of nitrogens with one attached hydrogen (secondary N) is 2. The number of halogens is 1. The van der Waals surface area contributed by atoms with Gasteiger partial charge in [0, 0.05) is 25.8 Å². The highest BCUT2D eigenvalue weighted by Gasteiger charge is 2.15. The average Bonchev–Trinajstić information content (AvgIpc) is 2.60. The standard InChI is InChI=1S/C19H33N5.HI/c1-3-20-19(23-15-18-10-4-5-11-21-18)22-12-6-7-13-24-14-8-9-17(2)16-24;/h4-5,10-11,17H,3,6-9,12-16H2,1-2H3,(H2,20,22,23);1H. The van der Waals surface area contributed by atoms with E-state index < -0.39 is 0 Å². The molecule has 2 rings (SSSR count). The van der Waals surface area contributed by atoms with Crippen LogP contribution >= 0.6 is 24.0 Å². The topological polar surface area (TPSA) is 52.6 Å². The molecule has 0 radical (unpaired) electrons. The summed E-state index contributed by atoms with van der Waals surface area (Å²) in [5.74, 6) is 1.76. The molecule has 0 amide bonds. The van der Waals surface area contributed by atoms with Gasteiger partial charge >= 0.3 is 0 Å². The molecular formula is C19H34IN5. The maximum absolute atomic E-state index is 4.60. The molecule has 5 nitrogen and oxygen atoms in total. The molecule has 1 aromatic rings. The lowest BCUT2D eigenvalue weighted by atomic mass is 10.0. The van der Waals surface area contributed by atoms with E-state index in [0.717, 1.165) is 30.7 Å². The van der Waals surface area contributed by atoms with E-state index in [0.29, 0.717) is 6.54 Å². The van der Waals surface area contributed by atoms with Crippen molar-refractivity contribution in [2.75, 3.05) is 32.7 Å². The molecule has 1 aliphatic heterocycles. The number of aromatic nitrogens is 1. The van der Waals surface area contributed by atoms with Gasteiger partial charge in [-0.15, -0.1) is 24.0 Å². The number of nitrogens with zero attached hydrogens (tertiary/aromatic N) is 3. The van der Waals surface area contributed by atoms with Crippen molar-refractivity contribution < 1.29 is 0 Å². The highest BCUT2D eigenvalue weighted by Crippen LogP contribution is 2.15. The van der Waals surface area contributed by atoms with Crippen molar-refractivity contribution >= 4 is 29.9 Å². The normalized spacial score (nSPS) is 18.5. The van der Waals surface area contributed by atoms with Crippen LogP contribution in [0.1, 0.15) is 45.2 Å². The van der Waals surface area contributed by atoms with E-state index in [2.05, 4.69) is 39.4 Å². The minimum Gasteiger partial charge on any atom is -0.357 e. The van der Waals surface area contributed by atoms with Crippen molar-refractivity contribution in [1.82, 2.24) is 20.5 Å². The molecule has 1 aromatic heterocycles. The van der Waals surface area contributed by atoms with E-state index in [1.54, 1.807) is 0 Å². The Hall–Kier alpha value is -0.890. The summed E-state index contributed by atoms with van der Waals surface area (Å²) < 4.78 is 0. The fraction of sp³-hybridized carbons (Fsp3) is 0.684. The number of unbranched alkanes of at least 4 members (excludes halogenated alkanes) is 1. The SMILES string of the molecule is CCNC(=NCc1ccccn1)NCCCCN1CCCC(C)C1.I. The zero-order chi connectivity index (χ0) is 17.0. The Bertz CT molecular complexity index is 480. The summed E-state index contributed by atoms with van der Waals surface area (Å²) in [6, 6.07) is 5.94. The van der Waals surface area contributed by atoms with Gasteiger partial charge in [0.25, 0.3) is 0 Å². The zero-order valence-corrected chi connectivity index (χ0v) is 18.0. The first-order valence-electron chi connectivity index (χ1n) is 9.42. The molecule has 1 atom stereocenters. The summed E-state index contributed by atoms with van der Waals surface area (Å²) in [7, 11) is 0. The maximum atomic E-state index is 4.60. The van der Waals surface area contributed by atoms with Crippen LogP contribution < -0.4 is 10.6 Å². The Morgan fingerprint density at radius 3 is 2.92 bits per heavy atom. The van der Waals surface area contributed by atoms with Gasteiger partial charge in [-0.2, -0.15) is 0 Å². The molecule has 1 unspecified atom stereocenters. The first kappa shape index (κ1) is 22.2. The Morgan fingerprint density at radius 1 is 1.32 bits per heavy atom. The number of guanidine groups is 1. The molecule has 1 saturated heterocycles. The second-order valence-corrected chi connectivity index (χ2v) is 6.70. The number of rotatable bonds is 8. The van der Waals surface area contributed by atoms with E-state index >= 15 is 0 Å². The Kier molecular flexibility index (Phi) is 11.8. The number of hydrogen-bond acceptors (Lipinski definition) is 3. The number of piperidine rings is 1. The number of hydrogen-bond donors (Lipinski definition) is 2. The second-order valence-electron chi connectivity index (χ2n) is 6.70. The third kappa shape index (κ3) is 9.39. The smallest absolute Gasteiger partial charge is 0.191 e. The summed E-state index contributed by atoms with van der Waals surface area (Å²) in [6.07, 6.45) is 7.01. The van der Waals surface area contributed by atoms with Gasteiger partial charge in [-0.1, -0.05) is 13.0 Å². The molecule has 1 fully saturated rings. The van der Waals surface area contributed by atoms with Crippen LogP contribution in [0.2, 0.25) is 0 Å². The fourth-order valence-corrected chi connectivity index (χ4v) is 3.15. The Labute approximate surface area is 170 Å². The molecule has 2 N–H and O–H groups in total. The Morgan fingerprint density at radius 2 is 2.20 bits per heavy atom.